The molecule has 6 heteroatoms. The van der Waals surface area contributed by atoms with Gasteiger partial charge in [0.25, 0.3) is 0 Å². The highest BCUT2D eigenvalue weighted by molar-refractivity contribution is 6.34. The number of benzene rings is 2. The molecule has 2 aromatic rings. The zero-order valence-corrected chi connectivity index (χ0v) is 11.7. The quantitative estimate of drug-likeness (QED) is 0.503. The topological polar surface area (TPSA) is 93.8 Å². The molecule has 0 radical (unpaired) electrons. The first kappa shape index (κ1) is 14.5. The minimum Gasteiger partial charge on any atom is -0.497 e. The molecule has 0 spiro atoms. The van der Waals surface area contributed by atoms with E-state index in [1.165, 1.54) is 0 Å². The summed E-state index contributed by atoms with van der Waals surface area (Å²) < 4.78 is 5.17. The maximum Gasteiger partial charge on any atom is 0.329 e. The summed E-state index contributed by atoms with van der Waals surface area (Å²) in [6.45, 7) is 1.73. The minimum atomic E-state index is -1.07. The maximum atomic E-state index is 11.1. The number of hydrogen-bond donors (Lipinski definition) is 2. The Hall–Kier alpha value is -2.89. The molecule has 2 amide bonds. The average Bonchev–Trinajstić information content (AvgIpc) is 2.50. The molecule has 0 bridgehead atoms. The Morgan fingerprint density at radius 1 is 1.14 bits per heavy atom. The highest BCUT2D eigenvalue weighted by Gasteiger charge is 2.07. The van der Waals surface area contributed by atoms with Crippen LogP contribution in [0.1, 0.15) is 12.5 Å². The van der Waals surface area contributed by atoms with Crippen molar-refractivity contribution in [3.8, 4) is 5.75 Å². The van der Waals surface area contributed by atoms with Gasteiger partial charge in [0, 0.05) is 0 Å². The van der Waals surface area contributed by atoms with Crippen LogP contribution in [-0.4, -0.2) is 24.6 Å². The number of rotatable bonds is 3. The van der Waals surface area contributed by atoms with Gasteiger partial charge < -0.3 is 10.5 Å². The van der Waals surface area contributed by atoms with Crippen LogP contribution < -0.4 is 15.9 Å². The molecule has 0 aliphatic heterocycles. The van der Waals surface area contributed by atoms with Crippen molar-refractivity contribution >= 4 is 28.3 Å². The lowest BCUT2D eigenvalue weighted by molar-refractivity contribution is -0.137. The first-order valence-electron chi connectivity index (χ1n) is 6.23. The van der Waals surface area contributed by atoms with Crippen molar-refractivity contribution in [2.75, 3.05) is 7.11 Å². The molecule has 0 aromatic heterocycles. The first-order chi connectivity index (χ1) is 10.0. The van der Waals surface area contributed by atoms with E-state index < -0.39 is 11.8 Å². The summed E-state index contributed by atoms with van der Waals surface area (Å²) in [5, 5.41) is 5.90. The molecule has 2 rings (SSSR count). The number of carbonyl (C=O) groups is 2. The van der Waals surface area contributed by atoms with Gasteiger partial charge in [-0.05, 0) is 41.5 Å². The summed E-state index contributed by atoms with van der Waals surface area (Å²) in [5.74, 6) is -1.23. The monoisotopic (exact) mass is 285 g/mol. The molecule has 2 aromatic carbocycles. The molecule has 6 nitrogen and oxygen atoms in total. The third kappa shape index (κ3) is 3.36. The summed E-state index contributed by atoms with van der Waals surface area (Å²) in [5.41, 5.74) is 8.33. The zero-order chi connectivity index (χ0) is 15.4. The molecule has 0 unspecified atom stereocenters. The third-order valence-corrected chi connectivity index (χ3v) is 3.01. The van der Waals surface area contributed by atoms with Gasteiger partial charge in [0.15, 0.2) is 0 Å². The molecule has 0 heterocycles. The number of carbonyl (C=O) groups excluding carboxylic acids is 2. The lowest BCUT2D eigenvalue weighted by Gasteiger charge is -2.06. The van der Waals surface area contributed by atoms with Gasteiger partial charge in [-0.1, -0.05) is 18.2 Å². The Morgan fingerprint density at radius 3 is 2.48 bits per heavy atom. The molecular formula is C15H15N3O3. The van der Waals surface area contributed by atoms with Crippen LogP contribution in [0, 0.1) is 0 Å². The van der Waals surface area contributed by atoms with Crippen LogP contribution in [0.15, 0.2) is 41.5 Å². The number of methoxy groups -OCH3 is 1. The summed E-state index contributed by atoms with van der Waals surface area (Å²) in [4.78, 5) is 21.7. The lowest BCUT2D eigenvalue weighted by Crippen LogP contribution is -2.33. The van der Waals surface area contributed by atoms with Crippen LogP contribution in [-0.2, 0) is 9.59 Å². The van der Waals surface area contributed by atoms with Crippen molar-refractivity contribution in [1.82, 2.24) is 5.43 Å². The molecule has 0 saturated heterocycles. The zero-order valence-electron chi connectivity index (χ0n) is 11.7. The number of ether oxygens (including phenoxy) is 1. The second-order valence-corrected chi connectivity index (χ2v) is 4.43. The number of nitrogens with two attached hydrogens (primary N) is 1. The van der Waals surface area contributed by atoms with Gasteiger partial charge in [-0.15, -0.1) is 0 Å². The SMILES string of the molecule is COc1ccc2cc(/C(C)=N/NC(=O)C(N)=O)ccc2c1. The standard InChI is InChI=1S/C15H15N3O3/c1-9(17-18-15(20)14(16)19)10-3-4-12-8-13(21-2)6-5-11(12)7-10/h3-8H,1-2H3,(H2,16,19)(H,18,20)/b17-9+. The Kier molecular flexibility index (Phi) is 4.18. The number of primary amides is 1. The van der Waals surface area contributed by atoms with Gasteiger partial charge in [0.05, 0.1) is 12.8 Å². The van der Waals surface area contributed by atoms with Gasteiger partial charge in [-0.2, -0.15) is 5.10 Å². The number of hydrazone groups is 1. The lowest BCUT2D eigenvalue weighted by atomic mass is 10.0. The first-order valence-corrected chi connectivity index (χ1v) is 6.23. The van der Waals surface area contributed by atoms with Crippen molar-refractivity contribution in [1.29, 1.82) is 0 Å². The molecule has 0 aliphatic rings. The Bertz CT molecular complexity index is 738. The van der Waals surface area contributed by atoms with Crippen LogP contribution >= 0.6 is 0 Å². The van der Waals surface area contributed by atoms with Crippen molar-refractivity contribution in [3.05, 3.63) is 42.0 Å². The maximum absolute atomic E-state index is 11.1. The molecule has 0 atom stereocenters. The molecule has 108 valence electrons. The Morgan fingerprint density at radius 2 is 1.81 bits per heavy atom. The second kappa shape index (κ2) is 6.04. The highest BCUT2D eigenvalue weighted by atomic mass is 16.5. The number of amides is 2. The van der Waals surface area contributed by atoms with Gasteiger partial charge in [-0.3, -0.25) is 9.59 Å². The van der Waals surface area contributed by atoms with Gasteiger partial charge in [-0.25, -0.2) is 5.43 Å². The largest absolute Gasteiger partial charge is 0.497 e. The minimum absolute atomic E-state index is 0.572. The highest BCUT2D eigenvalue weighted by Crippen LogP contribution is 2.22. The Balaban J connectivity index is 2.28. The fourth-order valence-corrected chi connectivity index (χ4v) is 1.83. The van der Waals surface area contributed by atoms with Gasteiger partial charge >= 0.3 is 11.8 Å². The van der Waals surface area contributed by atoms with Crippen LogP contribution in [0.5, 0.6) is 5.75 Å². The van der Waals surface area contributed by atoms with E-state index in [0.29, 0.717) is 5.71 Å². The predicted octanol–water partition coefficient (Wildman–Crippen LogP) is 1.17. The molecular weight excluding hydrogens is 270 g/mol. The Labute approximate surface area is 121 Å². The molecule has 3 N–H and O–H groups in total. The van der Waals surface area contributed by atoms with Crippen molar-refractivity contribution in [2.24, 2.45) is 10.8 Å². The number of fused-ring (bicyclic) bond motifs is 1. The fraction of sp³-hybridized carbons (Fsp3) is 0.133. The fourth-order valence-electron chi connectivity index (χ4n) is 1.83. The van der Waals surface area contributed by atoms with E-state index in [9.17, 15) is 9.59 Å². The van der Waals surface area contributed by atoms with E-state index >= 15 is 0 Å². The van der Waals surface area contributed by atoms with Crippen molar-refractivity contribution in [2.45, 2.75) is 6.92 Å². The predicted molar refractivity (Wildman–Crippen MR) is 80.0 cm³/mol. The van der Waals surface area contributed by atoms with Crippen molar-refractivity contribution < 1.29 is 14.3 Å². The van der Waals surface area contributed by atoms with E-state index in [2.05, 4.69) is 10.5 Å². The van der Waals surface area contributed by atoms with Crippen molar-refractivity contribution in [3.63, 3.8) is 0 Å². The summed E-state index contributed by atoms with van der Waals surface area (Å²) >= 11 is 0. The number of nitrogens with one attached hydrogen (secondary N) is 1. The molecule has 21 heavy (non-hydrogen) atoms. The normalized spacial score (nSPS) is 11.2. The summed E-state index contributed by atoms with van der Waals surface area (Å²) in [6.07, 6.45) is 0. The third-order valence-electron chi connectivity index (χ3n) is 3.01. The molecule has 0 aliphatic carbocycles. The van der Waals surface area contributed by atoms with E-state index in [1.807, 2.05) is 36.4 Å². The van der Waals surface area contributed by atoms with Crippen LogP contribution in [0.4, 0.5) is 0 Å². The molecule has 0 fully saturated rings. The smallest absolute Gasteiger partial charge is 0.329 e. The van der Waals surface area contributed by atoms with E-state index in [4.69, 9.17) is 10.5 Å². The number of nitrogens with zero attached hydrogens (tertiary/aromatic N) is 1. The average molecular weight is 285 g/mol. The summed E-state index contributed by atoms with van der Waals surface area (Å²) in [6, 6.07) is 11.5. The van der Waals surface area contributed by atoms with E-state index in [-0.39, 0.29) is 0 Å². The number of hydrogen-bond acceptors (Lipinski definition) is 4. The summed E-state index contributed by atoms with van der Waals surface area (Å²) in [7, 11) is 1.62. The van der Waals surface area contributed by atoms with E-state index in [1.54, 1.807) is 14.0 Å². The van der Waals surface area contributed by atoms with Crippen LogP contribution in [0.25, 0.3) is 10.8 Å². The van der Waals surface area contributed by atoms with Gasteiger partial charge in [0.1, 0.15) is 5.75 Å². The second-order valence-electron chi connectivity index (χ2n) is 4.43. The molecule has 0 saturated carbocycles. The van der Waals surface area contributed by atoms with Crippen LogP contribution in [0.3, 0.4) is 0 Å². The van der Waals surface area contributed by atoms with Gasteiger partial charge in [0.2, 0.25) is 0 Å². The van der Waals surface area contributed by atoms with E-state index in [0.717, 1.165) is 22.1 Å². The van der Waals surface area contributed by atoms with Crippen LogP contribution in [0.2, 0.25) is 0 Å².